The van der Waals surface area contributed by atoms with Gasteiger partial charge in [-0.1, -0.05) is 62.7 Å². The number of aromatic nitrogens is 2. The highest BCUT2D eigenvalue weighted by atomic mass is 16.2. The number of hydrogen-bond acceptors (Lipinski definition) is 4. The fraction of sp³-hybridized carbons (Fsp3) is 0.438. The maximum atomic E-state index is 14.0. The highest BCUT2D eigenvalue weighted by Crippen LogP contribution is 2.28. The number of urea groups is 1. The molecule has 2 aliphatic rings. The Morgan fingerprint density at radius 2 is 1.59 bits per heavy atom. The van der Waals surface area contributed by atoms with Crippen LogP contribution in [-0.2, 0) is 29.7 Å². The Balaban J connectivity index is 1.42. The maximum Gasteiger partial charge on any atom is 0.314 e. The van der Waals surface area contributed by atoms with E-state index in [1.54, 1.807) is 14.7 Å². The van der Waals surface area contributed by atoms with Crippen molar-refractivity contribution >= 4 is 17.8 Å². The van der Waals surface area contributed by atoms with Gasteiger partial charge in [-0.05, 0) is 42.0 Å². The maximum absolute atomic E-state index is 14.0. The van der Waals surface area contributed by atoms with Crippen molar-refractivity contribution in [2.45, 2.75) is 65.1 Å². The normalized spacial score (nSPS) is 17.7. The predicted octanol–water partition coefficient (Wildman–Crippen LogP) is 3.72. The van der Waals surface area contributed by atoms with Gasteiger partial charge in [0.05, 0.1) is 24.3 Å². The number of amides is 4. The zero-order chi connectivity index (χ0) is 29.3. The van der Waals surface area contributed by atoms with Gasteiger partial charge in [0.25, 0.3) is 5.91 Å². The largest absolute Gasteiger partial charge is 0.351 e. The first kappa shape index (κ1) is 28.4. The lowest BCUT2D eigenvalue weighted by Gasteiger charge is -2.37. The van der Waals surface area contributed by atoms with Gasteiger partial charge in [0, 0.05) is 44.7 Å². The minimum Gasteiger partial charge on any atom is -0.351 e. The van der Waals surface area contributed by atoms with E-state index >= 15 is 0 Å². The molecule has 0 aliphatic carbocycles. The lowest BCUT2D eigenvalue weighted by molar-refractivity contribution is -0.136. The quantitative estimate of drug-likeness (QED) is 0.529. The summed E-state index contributed by atoms with van der Waals surface area (Å²) < 4.78 is 2.09. The van der Waals surface area contributed by atoms with Crippen molar-refractivity contribution in [1.82, 2.24) is 24.3 Å². The van der Waals surface area contributed by atoms with Crippen LogP contribution < -0.4 is 5.73 Å². The van der Waals surface area contributed by atoms with Crippen molar-refractivity contribution in [3.8, 4) is 0 Å². The number of rotatable bonds is 4. The van der Waals surface area contributed by atoms with Crippen molar-refractivity contribution in [1.29, 1.82) is 0 Å². The van der Waals surface area contributed by atoms with Crippen LogP contribution in [0.1, 0.15) is 65.6 Å². The fourth-order valence-corrected chi connectivity index (χ4v) is 5.67. The zero-order valence-electron chi connectivity index (χ0n) is 24.5. The molecule has 5 rings (SSSR count). The summed E-state index contributed by atoms with van der Waals surface area (Å²) in [6, 6.07) is 14.9. The van der Waals surface area contributed by atoms with Crippen molar-refractivity contribution in [2.75, 3.05) is 26.2 Å². The molecule has 0 radical (unpaired) electrons. The second-order valence-electron chi connectivity index (χ2n) is 12.2. The van der Waals surface area contributed by atoms with Gasteiger partial charge < -0.3 is 25.0 Å². The first-order valence-electron chi connectivity index (χ1n) is 14.3. The van der Waals surface area contributed by atoms with Crippen LogP contribution in [0.15, 0.2) is 54.9 Å². The van der Waals surface area contributed by atoms with E-state index in [1.165, 1.54) is 5.56 Å². The highest BCUT2D eigenvalue weighted by molar-refractivity contribution is 5.98. The predicted molar refractivity (Wildman–Crippen MR) is 157 cm³/mol. The van der Waals surface area contributed by atoms with Crippen LogP contribution in [0.25, 0.3) is 0 Å². The number of benzene rings is 2. The van der Waals surface area contributed by atoms with E-state index in [0.29, 0.717) is 57.7 Å². The molecule has 4 amide bonds. The lowest BCUT2D eigenvalue weighted by atomic mass is 9.87. The van der Waals surface area contributed by atoms with Crippen LogP contribution in [0.3, 0.4) is 0 Å². The third-order valence-corrected chi connectivity index (χ3v) is 8.25. The topological polar surface area (TPSA) is 105 Å². The molecule has 3 heterocycles. The second-order valence-corrected chi connectivity index (χ2v) is 12.2. The molecule has 41 heavy (non-hydrogen) atoms. The first-order chi connectivity index (χ1) is 19.5. The number of primary amides is 1. The molecule has 3 aromatic rings. The molecule has 0 spiro atoms. The van der Waals surface area contributed by atoms with E-state index in [2.05, 4.69) is 49.6 Å². The minimum atomic E-state index is -0.675. The van der Waals surface area contributed by atoms with Gasteiger partial charge in [-0.3, -0.25) is 9.59 Å². The van der Waals surface area contributed by atoms with E-state index in [1.807, 2.05) is 37.5 Å². The van der Waals surface area contributed by atoms with Gasteiger partial charge in [0.1, 0.15) is 6.04 Å². The van der Waals surface area contributed by atoms with Crippen LogP contribution in [0, 0.1) is 6.92 Å². The molecular weight excluding hydrogens is 516 g/mol. The lowest BCUT2D eigenvalue weighted by Crippen LogP contribution is -2.54. The van der Waals surface area contributed by atoms with E-state index in [0.717, 1.165) is 22.5 Å². The third-order valence-electron chi connectivity index (χ3n) is 8.25. The van der Waals surface area contributed by atoms with Crippen LogP contribution in [0.5, 0.6) is 0 Å². The molecule has 2 aromatic carbocycles. The van der Waals surface area contributed by atoms with Crippen molar-refractivity contribution in [3.63, 3.8) is 0 Å². The summed E-state index contributed by atoms with van der Waals surface area (Å²) in [7, 11) is 0. The van der Waals surface area contributed by atoms with Crippen molar-refractivity contribution in [3.05, 3.63) is 88.5 Å². The molecular formula is C32H40N6O3. The SMILES string of the molecule is Cc1ccc(C(=O)N2Cc3c(ncn3Cc3ccc(C(C)(C)C)cc3)CC2C(=O)N2CCCN(C(N)=O)CC2)cc1. The molecule has 1 saturated heterocycles. The number of nitrogens with two attached hydrogens (primary N) is 1. The Morgan fingerprint density at radius 1 is 0.927 bits per heavy atom. The van der Waals surface area contributed by atoms with Crippen LogP contribution in [-0.4, -0.2) is 74.3 Å². The summed E-state index contributed by atoms with van der Waals surface area (Å²) in [5.41, 5.74) is 11.4. The highest BCUT2D eigenvalue weighted by Gasteiger charge is 2.39. The minimum absolute atomic E-state index is 0.0800. The van der Waals surface area contributed by atoms with Gasteiger partial charge in [0.15, 0.2) is 0 Å². The fourth-order valence-electron chi connectivity index (χ4n) is 5.67. The van der Waals surface area contributed by atoms with Crippen LogP contribution >= 0.6 is 0 Å². The zero-order valence-corrected chi connectivity index (χ0v) is 24.5. The van der Waals surface area contributed by atoms with Crippen molar-refractivity contribution in [2.24, 2.45) is 5.73 Å². The molecule has 1 aromatic heterocycles. The van der Waals surface area contributed by atoms with E-state index < -0.39 is 12.1 Å². The summed E-state index contributed by atoms with van der Waals surface area (Å²) in [5, 5.41) is 0. The van der Waals surface area contributed by atoms with Gasteiger partial charge in [0.2, 0.25) is 5.91 Å². The number of aryl methyl sites for hydroxylation is 1. The number of carbonyl (C=O) groups excluding carboxylic acids is 3. The molecule has 9 heteroatoms. The Morgan fingerprint density at radius 3 is 2.24 bits per heavy atom. The summed E-state index contributed by atoms with van der Waals surface area (Å²) in [6.45, 7) is 11.3. The second kappa shape index (κ2) is 11.4. The standard InChI is InChI=1S/C32H40N6O3/c1-22-6-10-24(11-7-22)29(39)38-20-28-26(18-27(38)30(40)35-14-5-15-36(17-16-35)31(33)41)34-21-37(28)19-23-8-12-25(13-9-23)32(2,3)4/h6-13,21,27H,5,14-20H2,1-4H3,(H2,33,41). The van der Waals surface area contributed by atoms with E-state index in [9.17, 15) is 14.4 Å². The average Bonchev–Trinajstić information content (AvgIpc) is 3.15. The molecule has 2 N–H and O–H groups in total. The molecule has 9 nitrogen and oxygen atoms in total. The molecule has 0 bridgehead atoms. The number of carbonyl (C=O) groups is 3. The Labute approximate surface area is 241 Å². The van der Waals surface area contributed by atoms with E-state index in [-0.39, 0.29) is 17.2 Å². The molecule has 216 valence electrons. The van der Waals surface area contributed by atoms with Gasteiger partial charge >= 0.3 is 6.03 Å². The third kappa shape index (κ3) is 6.14. The Hall–Kier alpha value is -4.14. The molecule has 0 saturated carbocycles. The van der Waals surface area contributed by atoms with Gasteiger partial charge in [-0.25, -0.2) is 9.78 Å². The van der Waals surface area contributed by atoms with E-state index in [4.69, 9.17) is 10.7 Å². The first-order valence-corrected chi connectivity index (χ1v) is 14.3. The van der Waals surface area contributed by atoms with Crippen LogP contribution in [0.2, 0.25) is 0 Å². The molecule has 2 aliphatic heterocycles. The summed E-state index contributed by atoms with van der Waals surface area (Å²) in [5.74, 6) is -0.292. The van der Waals surface area contributed by atoms with Crippen molar-refractivity contribution < 1.29 is 14.4 Å². The smallest absolute Gasteiger partial charge is 0.314 e. The van der Waals surface area contributed by atoms with Gasteiger partial charge in [-0.15, -0.1) is 0 Å². The molecule has 1 fully saturated rings. The van der Waals surface area contributed by atoms with Gasteiger partial charge in [-0.2, -0.15) is 0 Å². The monoisotopic (exact) mass is 556 g/mol. The molecule has 1 atom stereocenters. The Bertz CT molecular complexity index is 1420. The molecule has 1 unspecified atom stereocenters. The number of nitrogens with zero attached hydrogens (tertiary/aromatic N) is 5. The summed E-state index contributed by atoms with van der Waals surface area (Å²) in [4.78, 5) is 49.3. The van der Waals surface area contributed by atoms with Crippen LogP contribution in [0.4, 0.5) is 4.79 Å². The Kier molecular flexibility index (Phi) is 7.89. The number of imidazole rings is 1. The number of hydrogen-bond donors (Lipinski definition) is 1. The average molecular weight is 557 g/mol. The summed E-state index contributed by atoms with van der Waals surface area (Å²) in [6.07, 6.45) is 2.80. The number of fused-ring (bicyclic) bond motifs is 1. The summed E-state index contributed by atoms with van der Waals surface area (Å²) >= 11 is 0.